The Morgan fingerprint density at radius 1 is 1.06 bits per heavy atom. The molecule has 5 rings (SSSR count). The summed E-state index contributed by atoms with van der Waals surface area (Å²) in [4.78, 5) is 31.7. The summed E-state index contributed by atoms with van der Waals surface area (Å²) < 4.78 is 5.36. The van der Waals surface area contributed by atoms with E-state index in [1.54, 1.807) is 12.1 Å². The minimum Gasteiger partial charge on any atom is -0.337 e. The maximum Gasteiger partial charge on any atom is 0.263 e. The van der Waals surface area contributed by atoms with Crippen LogP contribution in [0.5, 0.6) is 0 Å². The van der Waals surface area contributed by atoms with Gasteiger partial charge < -0.3 is 4.52 Å². The molecule has 0 saturated carbocycles. The van der Waals surface area contributed by atoms with Crippen LogP contribution in [0.2, 0.25) is 0 Å². The highest BCUT2D eigenvalue weighted by atomic mass is 16.5. The van der Waals surface area contributed by atoms with Gasteiger partial charge in [-0.15, -0.1) is 0 Å². The second kappa shape index (κ2) is 7.67. The molecule has 9 heteroatoms. The molecule has 1 fully saturated rings. The first kappa shape index (κ1) is 20.0. The number of benzene rings is 2. The average molecular weight is 430 g/mol. The molecule has 2 aliphatic rings. The molecular formula is C23H22N6O3. The van der Waals surface area contributed by atoms with Gasteiger partial charge in [-0.05, 0) is 36.6 Å². The van der Waals surface area contributed by atoms with E-state index in [0.29, 0.717) is 23.3 Å². The summed E-state index contributed by atoms with van der Waals surface area (Å²) in [6.45, 7) is 6.25. The first-order chi connectivity index (χ1) is 15.4. The Morgan fingerprint density at radius 3 is 2.56 bits per heavy atom. The van der Waals surface area contributed by atoms with Crippen molar-refractivity contribution in [3.63, 3.8) is 0 Å². The zero-order valence-corrected chi connectivity index (χ0v) is 18.0. The Bertz CT molecular complexity index is 1220. The maximum atomic E-state index is 13.2. The van der Waals surface area contributed by atoms with Gasteiger partial charge in [-0.1, -0.05) is 60.1 Å². The van der Waals surface area contributed by atoms with Crippen LogP contribution in [0.1, 0.15) is 36.8 Å². The van der Waals surface area contributed by atoms with E-state index in [1.807, 2.05) is 43.3 Å². The minimum absolute atomic E-state index is 0.0859. The van der Waals surface area contributed by atoms with Gasteiger partial charge >= 0.3 is 0 Å². The number of aryl methyl sites for hydroxylation is 1. The lowest BCUT2D eigenvalue weighted by molar-refractivity contribution is -0.123. The molecule has 0 aliphatic carbocycles. The lowest BCUT2D eigenvalue weighted by Gasteiger charge is -2.19. The van der Waals surface area contributed by atoms with Crippen molar-refractivity contribution in [2.75, 3.05) is 4.90 Å². The number of anilines is 1. The molecule has 0 bridgehead atoms. The molecule has 0 N–H and O–H groups in total. The molecule has 3 aromatic rings. The fraction of sp³-hybridized carbons (Fsp3) is 0.304. The lowest BCUT2D eigenvalue weighted by Crippen LogP contribution is -2.39. The number of carbonyl (C=O) groups excluding carboxylic acids is 2. The summed E-state index contributed by atoms with van der Waals surface area (Å²) in [5.41, 5.74) is 3.59. The average Bonchev–Trinajstić information content (AvgIpc) is 3.47. The largest absolute Gasteiger partial charge is 0.337 e. The standard InChI is InChI=1S/C23H22N6O3/c1-13(2)15-7-9-17(10-8-15)29-22(30)19-20(23(29)31)28(27-25-19)12-18-24-21(26-32-18)16-6-4-5-14(3)11-16/h4-11,13,19-20H,12H2,1-3H3/t19-,20-/m0/s1. The zero-order chi connectivity index (χ0) is 22.4. The second-order valence-corrected chi connectivity index (χ2v) is 8.33. The molecule has 2 aromatic carbocycles. The summed E-state index contributed by atoms with van der Waals surface area (Å²) in [7, 11) is 0. The second-order valence-electron chi connectivity index (χ2n) is 8.33. The molecule has 2 amide bonds. The number of amides is 2. The molecule has 3 heterocycles. The quantitative estimate of drug-likeness (QED) is 0.572. The Hall–Kier alpha value is -3.88. The monoisotopic (exact) mass is 430 g/mol. The summed E-state index contributed by atoms with van der Waals surface area (Å²) in [5.74, 6) is 0.366. The van der Waals surface area contributed by atoms with Crippen LogP contribution in [0.15, 0.2) is 63.4 Å². The van der Waals surface area contributed by atoms with Crippen LogP contribution in [0, 0.1) is 6.92 Å². The third kappa shape index (κ3) is 3.35. The van der Waals surface area contributed by atoms with Crippen LogP contribution in [0.25, 0.3) is 11.4 Å². The summed E-state index contributed by atoms with van der Waals surface area (Å²) in [6.07, 6.45) is 0. The molecular weight excluding hydrogens is 408 g/mol. The van der Waals surface area contributed by atoms with E-state index in [2.05, 4.69) is 34.3 Å². The molecule has 1 aromatic heterocycles. The lowest BCUT2D eigenvalue weighted by atomic mass is 10.0. The smallest absolute Gasteiger partial charge is 0.263 e. The molecule has 32 heavy (non-hydrogen) atoms. The van der Waals surface area contributed by atoms with Crippen molar-refractivity contribution in [1.82, 2.24) is 15.1 Å². The SMILES string of the molecule is Cc1cccc(-c2noc(CN3N=N[C@@H]4C(=O)N(c5ccc(C(C)C)cc5)C(=O)[C@H]43)n2)c1. The topological polar surface area (TPSA) is 104 Å². The number of nitrogens with zero attached hydrogens (tertiary/aromatic N) is 6. The van der Waals surface area contributed by atoms with Crippen LogP contribution in [0.4, 0.5) is 5.69 Å². The fourth-order valence-electron chi connectivity index (χ4n) is 3.98. The van der Waals surface area contributed by atoms with Gasteiger partial charge in [-0.3, -0.25) is 14.6 Å². The van der Waals surface area contributed by atoms with Gasteiger partial charge in [0.2, 0.25) is 11.7 Å². The summed E-state index contributed by atoms with van der Waals surface area (Å²) in [5, 5.41) is 13.6. The third-order valence-corrected chi connectivity index (χ3v) is 5.72. The summed E-state index contributed by atoms with van der Waals surface area (Å²) in [6, 6.07) is 13.5. The van der Waals surface area contributed by atoms with Crippen molar-refractivity contribution >= 4 is 17.5 Å². The van der Waals surface area contributed by atoms with Gasteiger partial charge in [0, 0.05) is 5.56 Å². The first-order valence-corrected chi connectivity index (χ1v) is 10.5. The molecule has 9 nitrogen and oxygen atoms in total. The molecule has 0 radical (unpaired) electrons. The highest BCUT2D eigenvalue weighted by Gasteiger charge is 2.55. The van der Waals surface area contributed by atoms with Crippen LogP contribution >= 0.6 is 0 Å². The number of aromatic nitrogens is 2. The van der Waals surface area contributed by atoms with Crippen molar-refractivity contribution in [2.24, 2.45) is 10.3 Å². The van der Waals surface area contributed by atoms with E-state index in [4.69, 9.17) is 4.52 Å². The predicted molar refractivity (Wildman–Crippen MR) is 115 cm³/mol. The molecule has 1 saturated heterocycles. The van der Waals surface area contributed by atoms with Crippen molar-refractivity contribution in [2.45, 2.75) is 45.3 Å². The fourth-order valence-corrected chi connectivity index (χ4v) is 3.98. The van der Waals surface area contributed by atoms with Crippen LogP contribution < -0.4 is 4.90 Å². The van der Waals surface area contributed by atoms with E-state index in [9.17, 15) is 9.59 Å². The Kier molecular flexibility index (Phi) is 4.80. The van der Waals surface area contributed by atoms with Gasteiger partial charge in [0.05, 0.1) is 5.69 Å². The molecule has 2 aliphatic heterocycles. The number of hydrogen-bond donors (Lipinski definition) is 0. The van der Waals surface area contributed by atoms with Crippen molar-refractivity contribution in [3.05, 3.63) is 65.5 Å². The summed E-state index contributed by atoms with van der Waals surface area (Å²) >= 11 is 0. The zero-order valence-electron chi connectivity index (χ0n) is 18.0. The number of fused-ring (bicyclic) bond motifs is 1. The van der Waals surface area contributed by atoms with Crippen molar-refractivity contribution < 1.29 is 14.1 Å². The normalized spacial score (nSPS) is 20.0. The third-order valence-electron chi connectivity index (χ3n) is 5.72. The number of rotatable bonds is 5. The molecule has 0 spiro atoms. The van der Waals surface area contributed by atoms with Gasteiger partial charge in [0.1, 0.15) is 6.54 Å². The maximum absolute atomic E-state index is 13.2. The van der Waals surface area contributed by atoms with E-state index in [-0.39, 0.29) is 18.4 Å². The highest BCUT2D eigenvalue weighted by Crippen LogP contribution is 2.33. The number of hydrogen-bond acceptors (Lipinski definition) is 8. The Morgan fingerprint density at radius 2 is 1.84 bits per heavy atom. The van der Waals surface area contributed by atoms with Gasteiger partial charge in [0.25, 0.3) is 11.8 Å². The van der Waals surface area contributed by atoms with Gasteiger partial charge in [-0.2, -0.15) is 10.1 Å². The van der Waals surface area contributed by atoms with Gasteiger partial charge in [-0.25, -0.2) is 4.90 Å². The van der Waals surface area contributed by atoms with Crippen molar-refractivity contribution in [3.8, 4) is 11.4 Å². The Balaban J connectivity index is 1.35. The predicted octanol–water partition coefficient (Wildman–Crippen LogP) is 3.66. The highest BCUT2D eigenvalue weighted by molar-refractivity contribution is 6.25. The molecule has 0 unspecified atom stereocenters. The van der Waals surface area contributed by atoms with E-state index < -0.39 is 12.1 Å². The van der Waals surface area contributed by atoms with E-state index >= 15 is 0 Å². The van der Waals surface area contributed by atoms with Crippen molar-refractivity contribution in [1.29, 1.82) is 0 Å². The number of carbonyl (C=O) groups is 2. The van der Waals surface area contributed by atoms with E-state index in [1.165, 1.54) is 9.91 Å². The first-order valence-electron chi connectivity index (χ1n) is 10.5. The molecule has 2 atom stereocenters. The molecule has 162 valence electrons. The van der Waals surface area contributed by atoms with Gasteiger partial charge in [0.15, 0.2) is 12.1 Å². The van der Waals surface area contributed by atoms with Crippen LogP contribution in [0.3, 0.4) is 0 Å². The van der Waals surface area contributed by atoms with Crippen LogP contribution in [-0.4, -0.2) is 39.0 Å². The van der Waals surface area contributed by atoms with E-state index in [0.717, 1.165) is 16.7 Å². The minimum atomic E-state index is -0.869. The van der Waals surface area contributed by atoms with Crippen LogP contribution in [-0.2, 0) is 16.1 Å². The number of imide groups is 1. The Labute approximate surface area is 184 Å².